The average molecular weight is 267 g/mol. The monoisotopic (exact) mass is 267 g/mol. The molecule has 0 bridgehead atoms. The van der Waals surface area contributed by atoms with Gasteiger partial charge in [0.25, 0.3) is 0 Å². The number of likely N-dealkylation sites (tertiary alicyclic amines) is 1. The van der Waals surface area contributed by atoms with Gasteiger partial charge in [-0.15, -0.1) is 0 Å². The van der Waals surface area contributed by atoms with Gasteiger partial charge >= 0.3 is 5.97 Å². The normalized spacial score (nSPS) is 34.7. The molecule has 1 aliphatic heterocycles. The highest BCUT2D eigenvalue weighted by Crippen LogP contribution is 2.40. The standard InChI is InChI=1S/C15H25NO3/c1-3-10-5-6-16(9-10)14(17)12-7-11(4-2)8-13(12)15(18)19/h10-13H,3-9H2,1-2H3,(H,18,19)/t10?,11?,12-,13+/m0/s1. The summed E-state index contributed by atoms with van der Waals surface area (Å²) in [6.07, 6.45) is 4.59. The molecular formula is C15H25NO3. The Bertz CT molecular complexity index is 355. The van der Waals surface area contributed by atoms with Crippen LogP contribution in [0.3, 0.4) is 0 Å². The van der Waals surface area contributed by atoms with Gasteiger partial charge in [0.05, 0.1) is 11.8 Å². The third-order valence-electron chi connectivity index (χ3n) is 5.05. The Morgan fingerprint density at radius 3 is 2.26 bits per heavy atom. The van der Waals surface area contributed by atoms with Gasteiger partial charge in [-0.25, -0.2) is 0 Å². The molecular weight excluding hydrogens is 242 g/mol. The molecule has 4 atom stereocenters. The molecule has 108 valence electrons. The summed E-state index contributed by atoms with van der Waals surface area (Å²) in [5.41, 5.74) is 0. The Balaban J connectivity index is 2.03. The fraction of sp³-hybridized carbons (Fsp3) is 0.867. The van der Waals surface area contributed by atoms with Crippen molar-refractivity contribution >= 4 is 11.9 Å². The fourth-order valence-electron chi connectivity index (χ4n) is 3.62. The number of rotatable bonds is 4. The highest BCUT2D eigenvalue weighted by atomic mass is 16.4. The lowest BCUT2D eigenvalue weighted by Crippen LogP contribution is -2.37. The minimum absolute atomic E-state index is 0.0966. The predicted octanol–water partition coefficient (Wildman–Crippen LogP) is 2.38. The molecule has 0 aromatic carbocycles. The molecule has 1 saturated heterocycles. The zero-order chi connectivity index (χ0) is 14.0. The van der Waals surface area contributed by atoms with E-state index in [0.717, 1.165) is 38.8 Å². The van der Waals surface area contributed by atoms with E-state index in [-0.39, 0.29) is 11.8 Å². The summed E-state index contributed by atoms with van der Waals surface area (Å²) in [7, 11) is 0. The van der Waals surface area contributed by atoms with Crippen LogP contribution in [-0.2, 0) is 9.59 Å². The van der Waals surface area contributed by atoms with E-state index in [9.17, 15) is 14.7 Å². The van der Waals surface area contributed by atoms with Gasteiger partial charge in [-0.1, -0.05) is 26.7 Å². The Hall–Kier alpha value is -1.06. The van der Waals surface area contributed by atoms with Gasteiger partial charge in [-0.3, -0.25) is 9.59 Å². The van der Waals surface area contributed by atoms with Crippen molar-refractivity contribution in [1.29, 1.82) is 0 Å². The molecule has 2 fully saturated rings. The molecule has 1 N–H and O–H groups in total. The predicted molar refractivity (Wildman–Crippen MR) is 72.6 cm³/mol. The van der Waals surface area contributed by atoms with E-state index in [1.807, 2.05) is 4.90 Å². The van der Waals surface area contributed by atoms with Gasteiger partial charge in [0, 0.05) is 13.1 Å². The molecule has 4 nitrogen and oxygen atoms in total. The molecule has 2 aliphatic rings. The second kappa shape index (κ2) is 5.93. The van der Waals surface area contributed by atoms with Crippen molar-refractivity contribution in [2.45, 2.75) is 46.0 Å². The van der Waals surface area contributed by atoms with Crippen LogP contribution in [0, 0.1) is 23.7 Å². The minimum atomic E-state index is -0.791. The molecule has 2 unspecified atom stereocenters. The van der Waals surface area contributed by atoms with Crippen LogP contribution in [0.25, 0.3) is 0 Å². The molecule has 4 heteroatoms. The summed E-state index contributed by atoms with van der Waals surface area (Å²) >= 11 is 0. The van der Waals surface area contributed by atoms with E-state index >= 15 is 0 Å². The average Bonchev–Trinajstić information content (AvgIpc) is 3.04. The van der Waals surface area contributed by atoms with Crippen molar-refractivity contribution in [3.8, 4) is 0 Å². The van der Waals surface area contributed by atoms with Gasteiger partial charge in [0.1, 0.15) is 0 Å². The summed E-state index contributed by atoms with van der Waals surface area (Å²) in [5, 5.41) is 9.32. The lowest BCUT2D eigenvalue weighted by atomic mass is 9.95. The number of amides is 1. The quantitative estimate of drug-likeness (QED) is 0.850. The summed E-state index contributed by atoms with van der Waals surface area (Å²) in [6, 6.07) is 0. The van der Waals surface area contributed by atoms with Crippen molar-refractivity contribution in [1.82, 2.24) is 4.90 Å². The van der Waals surface area contributed by atoms with Crippen molar-refractivity contribution < 1.29 is 14.7 Å². The number of hydrogen-bond acceptors (Lipinski definition) is 2. The Labute approximate surface area is 115 Å². The number of carbonyl (C=O) groups is 2. The molecule has 1 heterocycles. The highest BCUT2D eigenvalue weighted by Gasteiger charge is 2.44. The molecule has 0 aromatic heterocycles. The third kappa shape index (κ3) is 2.93. The van der Waals surface area contributed by atoms with Crippen LogP contribution in [0.2, 0.25) is 0 Å². The van der Waals surface area contributed by atoms with Crippen LogP contribution >= 0.6 is 0 Å². The SMILES string of the molecule is CCC1C[C@H](C(=O)N2CCC(CC)C2)[C@H](C(=O)O)C1. The van der Waals surface area contributed by atoms with Crippen LogP contribution in [0.4, 0.5) is 0 Å². The first-order chi connectivity index (χ1) is 9.06. The molecule has 19 heavy (non-hydrogen) atoms. The first-order valence-electron chi connectivity index (χ1n) is 7.58. The smallest absolute Gasteiger partial charge is 0.307 e. The number of carboxylic acid groups (broad SMARTS) is 1. The molecule has 2 rings (SSSR count). The Kier molecular flexibility index (Phi) is 4.48. The maximum Gasteiger partial charge on any atom is 0.307 e. The zero-order valence-corrected chi connectivity index (χ0v) is 12.0. The van der Waals surface area contributed by atoms with Crippen LogP contribution in [-0.4, -0.2) is 35.0 Å². The molecule has 1 aliphatic carbocycles. The molecule has 1 amide bonds. The van der Waals surface area contributed by atoms with Gasteiger partial charge in [-0.2, -0.15) is 0 Å². The molecule has 1 saturated carbocycles. The van der Waals surface area contributed by atoms with Gasteiger partial charge in [-0.05, 0) is 31.1 Å². The molecule has 0 radical (unpaired) electrons. The summed E-state index contributed by atoms with van der Waals surface area (Å²) in [4.78, 5) is 25.8. The molecule has 0 aromatic rings. The minimum Gasteiger partial charge on any atom is -0.481 e. The first-order valence-corrected chi connectivity index (χ1v) is 7.58. The van der Waals surface area contributed by atoms with E-state index in [4.69, 9.17) is 0 Å². The summed E-state index contributed by atoms with van der Waals surface area (Å²) in [6.45, 7) is 5.88. The number of carboxylic acids is 1. The van der Waals surface area contributed by atoms with E-state index in [1.165, 1.54) is 0 Å². The van der Waals surface area contributed by atoms with E-state index in [0.29, 0.717) is 18.3 Å². The van der Waals surface area contributed by atoms with Crippen LogP contribution in [0.15, 0.2) is 0 Å². The fourth-order valence-corrected chi connectivity index (χ4v) is 3.62. The summed E-state index contributed by atoms with van der Waals surface area (Å²) < 4.78 is 0. The largest absolute Gasteiger partial charge is 0.481 e. The van der Waals surface area contributed by atoms with Crippen molar-refractivity contribution in [3.63, 3.8) is 0 Å². The van der Waals surface area contributed by atoms with Crippen LogP contribution in [0.5, 0.6) is 0 Å². The Morgan fingerprint density at radius 1 is 1.11 bits per heavy atom. The third-order valence-corrected chi connectivity index (χ3v) is 5.05. The highest BCUT2D eigenvalue weighted by molar-refractivity contribution is 5.85. The van der Waals surface area contributed by atoms with Crippen molar-refractivity contribution in [2.24, 2.45) is 23.7 Å². The van der Waals surface area contributed by atoms with E-state index in [1.54, 1.807) is 0 Å². The van der Waals surface area contributed by atoms with Gasteiger partial charge in [0.15, 0.2) is 0 Å². The Morgan fingerprint density at radius 2 is 1.74 bits per heavy atom. The van der Waals surface area contributed by atoms with Crippen molar-refractivity contribution in [2.75, 3.05) is 13.1 Å². The lowest BCUT2D eigenvalue weighted by Gasteiger charge is -2.23. The maximum absolute atomic E-state index is 12.5. The van der Waals surface area contributed by atoms with E-state index in [2.05, 4.69) is 13.8 Å². The van der Waals surface area contributed by atoms with Crippen LogP contribution in [0.1, 0.15) is 46.0 Å². The second-order valence-corrected chi connectivity index (χ2v) is 6.14. The van der Waals surface area contributed by atoms with Crippen LogP contribution < -0.4 is 0 Å². The summed E-state index contributed by atoms with van der Waals surface area (Å²) in [5.74, 6) is -0.425. The van der Waals surface area contributed by atoms with E-state index < -0.39 is 11.9 Å². The number of aliphatic carboxylic acids is 1. The topological polar surface area (TPSA) is 57.6 Å². The lowest BCUT2D eigenvalue weighted by molar-refractivity contribution is -0.148. The second-order valence-electron chi connectivity index (χ2n) is 6.14. The van der Waals surface area contributed by atoms with Gasteiger partial charge in [0.2, 0.25) is 5.91 Å². The number of nitrogens with zero attached hydrogens (tertiary/aromatic N) is 1. The number of hydrogen-bond donors (Lipinski definition) is 1. The van der Waals surface area contributed by atoms with Gasteiger partial charge < -0.3 is 10.0 Å². The molecule has 0 spiro atoms. The first kappa shape index (κ1) is 14.4. The van der Waals surface area contributed by atoms with Crippen molar-refractivity contribution in [3.05, 3.63) is 0 Å². The number of carbonyl (C=O) groups excluding carboxylic acids is 1. The maximum atomic E-state index is 12.5. The zero-order valence-electron chi connectivity index (χ0n) is 12.0.